The van der Waals surface area contributed by atoms with Crippen LogP contribution in [0.2, 0.25) is 0 Å². The molecule has 242 valence electrons. The average Bonchev–Trinajstić information content (AvgIpc) is 3.55. The molecule has 2 aliphatic heterocycles. The molecule has 0 aromatic heterocycles. The smallest absolute Gasteiger partial charge is 0.410 e. The third kappa shape index (κ3) is 8.57. The highest BCUT2D eigenvalue weighted by Gasteiger charge is 2.31. The second kappa shape index (κ2) is 15.1. The van der Waals surface area contributed by atoms with Crippen molar-refractivity contribution < 1.29 is 28.6 Å². The van der Waals surface area contributed by atoms with Crippen LogP contribution in [0.25, 0.3) is 0 Å². The second-order valence-electron chi connectivity index (χ2n) is 13.2. The summed E-state index contributed by atoms with van der Waals surface area (Å²) in [7, 11) is 0. The Morgan fingerprint density at radius 2 is 1.49 bits per heavy atom. The minimum atomic E-state index is -0.245. The molecule has 0 bridgehead atoms. The molecule has 2 saturated heterocycles. The molecule has 3 amide bonds. The lowest BCUT2D eigenvalue weighted by atomic mass is 9.86. The fraction of sp³-hybridized carbons (Fsp3) is 0.583. The van der Waals surface area contributed by atoms with Crippen LogP contribution in [0, 0.1) is 11.8 Å². The molecular weight excluding hydrogens is 570 g/mol. The van der Waals surface area contributed by atoms with Gasteiger partial charge in [0.05, 0.1) is 12.0 Å². The maximum Gasteiger partial charge on any atom is 0.410 e. The number of amides is 3. The number of hydrogen-bond acceptors (Lipinski definition) is 6. The Bertz CT molecular complexity index is 1300. The van der Waals surface area contributed by atoms with Crippen molar-refractivity contribution in [3.05, 3.63) is 65.2 Å². The first-order valence-corrected chi connectivity index (χ1v) is 17.0. The quantitative estimate of drug-likeness (QED) is 0.294. The van der Waals surface area contributed by atoms with Crippen LogP contribution >= 0.6 is 0 Å². The van der Waals surface area contributed by atoms with Crippen LogP contribution in [0.3, 0.4) is 0 Å². The zero-order valence-corrected chi connectivity index (χ0v) is 26.3. The van der Waals surface area contributed by atoms with Gasteiger partial charge in [-0.25, -0.2) is 9.59 Å². The number of piperidine rings is 2. The van der Waals surface area contributed by atoms with Crippen molar-refractivity contribution in [3.8, 4) is 5.75 Å². The van der Waals surface area contributed by atoms with Crippen molar-refractivity contribution in [3.63, 3.8) is 0 Å². The van der Waals surface area contributed by atoms with Crippen LogP contribution in [0.1, 0.15) is 74.5 Å². The number of urea groups is 1. The van der Waals surface area contributed by atoms with E-state index in [9.17, 15) is 14.4 Å². The summed E-state index contributed by atoms with van der Waals surface area (Å²) in [6.45, 7) is 3.75. The Balaban J connectivity index is 0.827. The Kier molecular flexibility index (Phi) is 10.6. The van der Waals surface area contributed by atoms with Gasteiger partial charge in [0.25, 0.3) is 0 Å². The lowest BCUT2D eigenvalue weighted by molar-refractivity contribution is -0.140. The van der Waals surface area contributed by atoms with Gasteiger partial charge in [0, 0.05) is 38.8 Å². The van der Waals surface area contributed by atoms with Gasteiger partial charge in [0.15, 0.2) is 0 Å². The van der Waals surface area contributed by atoms with E-state index in [1.54, 1.807) is 4.90 Å². The van der Waals surface area contributed by atoms with Gasteiger partial charge in [-0.2, -0.15) is 0 Å². The molecule has 9 heteroatoms. The Hall–Kier alpha value is -3.59. The topological polar surface area (TPSA) is 97.4 Å². The first kappa shape index (κ1) is 31.4. The van der Waals surface area contributed by atoms with Gasteiger partial charge < -0.3 is 29.3 Å². The molecule has 2 aromatic rings. The van der Waals surface area contributed by atoms with Crippen molar-refractivity contribution in [2.45, 2.75) is 89.4 Å². The summed E-state index contributed by atoms with van der Waals surface area (Å²) in [4.78, 5) is 41.9. The van der Waals surface area contributed by atoms with E-state index in [0.29, 0.717) is 51.1 Å². The maximum atomic E-state index is 13.0. The second-order valence-corrected chi connectivity index (χ2v) is 13.2. The van der Waals surface area contributed by atoms with Crippen LogP contribution < -0.4 is 10.1 Å². The van der Waals surface area contributed by atoms with Crippen molar-refractivity contribution in [1.82, 2.24) is 15.1 Å². The van der Waals surface area contributed by atoms with E-state index in [1.807, 2.05) is 47.4 Å². The summed E-state index contributed by atoms with van der Waals surface area (Å²) in [5.41, 5.74) is 3.67. The molecule has 3 fully saturated rings. The van der Waals surface area contributed by atoms with Gasteiger partial charge in [0.2, 0.25) is 0 Å². The number of esters is 1. The number of likely N-dealkylation sites (tertiary alicyclic amines) is 2. The molecule has 2 aliphatic carbocycles. The SMILES string of the molecule is O=C(Oc1ccc2c(c1)CCC2)C1CCC(NC(=O)N2CCC(OCC3CCN(C(=O)OCc4ccccc4)CC3)CC2)CC1. The number of fused-ring (bicyclic) bond motifs is 1. The van der Waals surface area contributed by atoms with Crippen LogP contribution in [0.5, 0.6) is 5.75 Å². The normalized spacial score (nSPS) is 22.5. The van der Waals surface area contributed by atoms with E-state index in [-0.39, 0.29) is 36.2 Å². The predicted molar refractivity (Wildman–Crippen MR) is 170 cm³/mol. The molecule has 1 N–H and O–H groups in total. The Morgan fingerprint density at radius 1 is 0.778 bits per heavy atom. The first-order chi connectivity index (χ1) is 22.0. The fourth-order valence-electron chi connectivity index (χ4n) is 7.14. The van der Waals surface area contributed by atoms with Gasteiger partial charge in [0.1, 0.15) is 12.4 Å². The van der Waals surface area contributed by atoms with Crippen molar-refractivity contribution in [2.24, 2.45) is 11.8 Å². The zero-order chi connectivity index (χ0) is 31.0. The minimum Gasteiger partial charge on any atom is -0.445 e. The molecule has 0 atom stereocenters. The number of nitrogens with zero attached hydrogens (tertiary/aromatic N) is 2. The van der Waals surface area contributed by atoms with Gasteiger partial charge in [-0.05, 0) is 105 Å². The largest absolute Gasteiger partial charge is 0.445 e. The molecule has 6 rings (SSSR count). The number of aryl methyl sites for hydroxylation is 2. The van der Waals surface area contributed by atoms with E-state index >= 15 is 0 Å². The number of benzene rings is 2. The third-order valence-corrected chi connectivity index (χ3v) is 10.1. The summed E-state index contributed by atoms with van der Waals surface area (Å²) < 4.78 is 17.5. The van der Waals surface area contributed by atoms with Crippen molar-refractivity contribution in [1.29, 1.82) is 0 Å². The van der Waals surface area contributed by atoms with Gasteiger partial charge in [-0.1, -0.05) is 36.4 Å². The van der Waals surface area contributed by atoms with E-state index in [4.69, 9.17) is 14.2 Å². The van der Waals surface area contributed by atoms with Gasteiger partial charge >= 0.3 is 18.1 Å². The van der Waals surface area contributed by atoms with E-state index in [2.05, 4.69) is 11.4 Å². The van der Waals surface area contributed by atoms with Gasteiger partial charge in [-0.15, -0.1) is 0 Å². The number of rotatable bonds is 8. The Labute approximate surface area is 266 Å². The summed E-state index contributed by atoms with van der Waals surface area (Å²) in [6.07, 6.45) is 9.81. The number of nitrogens with one attached hydrogen (secondary N) is 1. The van der Waals surface area contributed by atoms with Gasteiger partial charge in [-0.3, -0.25) is 4.79 Å². The average molecular weight is 618 g/mol. The first-order valence-electron chi connectivity index (χ1n) is 17.0. The van der Waals surface area contributed by atoms with Crippen molar-refractivity contribution in [2.75, 3.05) is 32.8 Å². The standard InChI is InChI=1S/C36H47N3O6/c40-34(45-33-14-11-28-7-4-8-30(28)23-33)29-9-12-31(13-10-29)37-35(41)38-21-17-32(18-22-38)43-24-27-15-19-39(20-16-27)36(42)44-25-26-5-2-1-3-6-26/h1-3,5-6,11,14,23,27,29,31-32H,4,7-10,12-13,15-22,24-25H2,(H,37,41). The molecular formula is C36H47N3O6. The molecule has 0 unspecified atom stereocenters. The molecule has 2 aromatic carbocycles. The van der Waals surface area contributed by atoms with Crippen LogP contribution in [0.15, 0.2) is 48.5 Å². The van der Waals surface area contributed by atoms with Crippen molar-refractivity contribution >= 4 is 18.1 Å². The number of hydrogen-bond donors (Lipinski definition) is 1. The zero-order valence-electron chi connectivity index (χ0n) is 26.3. The molecule has 2 heterocycles. The summed E-state index contributed by atoms with van der Waals surface area (Å²) >= 11 is 0. The highest BCUT2D eigenvalue weighted by molar-refractivity contribution is 5.76. The summed E-state index contributed by atoms with van der Waals surface area (Å²) in [5, 5.41) is 3.21. The highest BCUT2D eigenvalue weighted by atomic mass is 16.6. The third-order valence-electron chi connectivity index (χ3n) is 10.1. The highest BCUT2D eigenvalue weighted by Crippen LogP contribution is 2.30. The monoisotopic (exact) mass is 617 g/mol. The lowest BCUT2D eigenvalue weighted by Gasteiger charge is -2.36. The molecule has 4 aliphatic rings. The van der Waals surface area contributed by atoms with E-state index in [1.165, 1.54) is 17.5 Å². The molecule has 0 radical (unpaired) electrons. The summed E-state index contributed by atoms with van der Waals surface area (Å²) in [5.74, 6) is 0.836. The van der Waals surface area contributed by atoms with Crippen LogP contribution in [-0.2, 0) is 33.7 Å². The predicted octanol–water partition coefficient (Wildman–Crippen LogP) is 5.88. The van der Waals surface area contributed by atoms with Crippen LogP contribution in [-0.4, -0.2) is 72.8 Å². The number of ether oxygens (including phenoxy) is 3. The fourth-order valence-corrected chi connectivity index (χ4v) is 7.14. The molecule has 0 spiro atoms. The molecule has 1 saturated carbocycles. The van der Waals surface area contributed by atoms with E-state index < -0.39 is 0 Å². The molecule has 45 heavy (non-hydrogen) atoms. The number of carbonyl (C=O) groups is 3. The summed E-state index contributed by atoms with van der Waals surface area (Å²) in [6, 6.07) is 15.9. The minimum absolute atomic E-state index is 0.0101. The van der Waals surface area contributed by atoms with Crippen LogP contribution in [0.4, 0.5) is 9.59 Å². The molecule has 9 nitrogen and oxygen atoms in total. The lowest BCUT2D eigenvalue weighted by Crippen LogP contribution is -2.50. The number of carbonyl (C=O) groups excluding carboxylic acids is 3. The Morgan fingerprint density at radius 3 is 2.24 bits per heavy atom. The maximum absolute atomic E-state index is 13.0. The van der Waals surface area contributed by atoms with E-state index in [0.717, 1.165) is 69.8 Å².